The van der Waals surface area contributed by atoms with Crippen molar-refractivity contribution in [2.75, 3.05) is 19.8 Å². The Morgan fingerprint density at radius 2 is 1.42 bits per heavy atom. The summed E-state index contributed by atoms with van der Waals surface area (Å²) in [6.07, 6.45) is 3.60. The maximum atomic E-state index is 11.2. The number of benzene rings is 1. The Morgan fingerprint density at radius 3 is 2.00 bits per heavy atom. The Kier molecular flexibility index (Phi) is 12.6. The van der Waals surface area contributed by atoms with Gasteiger partial charge in [-0.1, -0.05) is 70.4 Å². The number of aliphatic hydroxyl groups is 1. The number of rotatable bonds is 15. The standard InChI is InChI=1S/C25H43NO5/c1-4-7-15-28-23-21(26)25(30-17-9-6-3)31-22(24(23)29-16-8-5-2)20(27)18-19-13-11-10-12-14-19/h10-14,20-25,27H,4-9,15-18,26H2,1-3H3/t20?,21-,22-,23-,24-,25?/m1/s1. The van der Waals surface area contributed by atoms with Gasteiger partial charge in [0.1, 0.15) is 18.3 Å². The fourth-order valence-electron chi connectivity index (χ4n) is 3.78. The molecule has 0 spiro atoms. The van der Waals surface area contributed by atoms with E-state index in [1.807, 2.05) is 30.3 Å². The molecule has 1 aromatic rings. The first kappa shape index (κ1) is 26.2. The second-order valence-corrected chi connectivity index (χ2v) is 8.41. The van der Waals surface area contributed by atoms with Crippen LogP contribution in [0.25, 0.3) is 0 Å². The minimum atomic E-state index is -0.754. The zero-order valence-electron chi connectivity index (χ0n) is 19.6. The summed E-state index contributed by atoms with van der Waals surface area (Å²) in [5, 5.41) is 11.2. The van der Waals surface area contributed by atoms with Crippen molar-refractivity contribution in [3.05, 3.63) is 35.9 Å². The third-order valence-corrected chi connectivity index (χ3v) is 5.70. The molecule has 0 saturated carbocycles. The molecule has 0 aromatic heterocycles. The Morgan fingerprint density at radius 1 is 0.871 bits per heavy atom. The Balaban J connectivity index is 2.20. The Hall–Kier alpha value is -1.02. The van der Waals surface area contributed by atoms with Crippen LogP contribution in [0.1, 0.15) is 64.9 Å². The van der Waals surface area contributed by atoms with Crippen molar-refractivity contribution >= 4 is 0 Å². The van der Waals surface area contributed by atoms with Crippen LogP contribution >= 0.6 is 0 Å². The molecule has 3 N–H and O–H groups in total. The normalized spacial score (nSPS) is 27.3. The van der Waals surface area contributed by atoms with Gasteiger partial charge in [-0.15, -0.1) is 0 Å². The molecule has 1 heterocycles. The van der Waals surface area contributed by atoms with E-state index in [2.05, 4.69) is 20.8 Å². The second-order valence-electron chi connectivity index (χ2n) is 8.41. The summed E-state index contributed by atoms with van der Waals surface area (Å²) in [5.41, 5.74) is 7.61. The lowest BCUT2D eigenvalue weighted by Crippen LogP contribution is -2.66. The minimum Gasteiger partial charge on any atom is -0.390 e. The van der Waals surface area contributed by atoms with Crippen molar-refractivity contribution in [1.82, 2.24) is 0 Å². The van der Waals surface area contributed by atoms with Gasteiger partial charge < -0.3 is 29.8 Å². The molecular weight excluding hydrogens is 394 g/mol. The van der Waals surface area contributed by atoms with Crippen LogP contribution in [0.3, 0.4) is 0 Å². The third kappa shape index (κ3) is 8.44. The van der Waals surface area contributed by atoms with Gasteiger partial charge in [0.05, 0.1) is 12.1 Å². The summed E-state index contributed by atoms with van der Waals surface area (Å²) < 4.78 is 24.7. The molecule has 1 aliphatic heterocycles. The number of hydrogen-bond donors (Lipinski definition) is 2. The summed E-state index contributed by atoms with van der Waals surface area (Å²) in [6.45, 7) is 8.13. The van der Waals surface area contributed by atoms with Gasteiger partial charge in [-0.25, -0.2) is 0 Å². The van der Waals surface area contributed by atoms with Crippen LogP contribution in [0.2, 0.25) is 0 Å². The van der Waals surface area contributed by atoms with E-state index in [1.54, 1.807) is 0 Å². The summed E-state index contributed by atoms with van der Waals surface area (Å²) in [5.74, 6) is 0. The van der Waals surface area contributed by atoms with Gasteiger partial charge >= 0.3 is 0 Å². The smallest absolute Gasteiger partial charge is 0.175 e. The van der Waals surface area contributed by atoms with Gasteiger partial charge in [0.15, 0.2) is 6.29 Å². The lowest BCUT2D eigenvalue weighted by atomic mass is 9.91. The fourth-order valence-corrected chi connectivity index (χ4v) is 3.78. The number of aliphatic hydroxyl groups excluding tert-OH is 1. The van der Waals surface area contributed by atoms with E-state index < -0.39 is 30.6 Å². The summed E-state index contributed by atoms with van der Waals surface area (Å²) in [4.78, 5) is 0. The lowest BCUT2D eigenvalue weighted by molar-refractivity contribution is -0.291. The first-order valence-corrected chi connectivity index (χ1v) is 12.1. The molecule has 0 aliphatic carbocycles. The van der Waals surface area contributed by atoms with Crippen LogP contribution in [0, 0.1) is 0 Å². The summed E-state index contributed by atoms with van der Waals surface area (Å²) >= 11 is 0. The minimum absolute atomic E-state index is 0.390. The van der Waals surface area contributed by atoms with E-state index in [1.165, 1.54) is 0 Å². The largest absolute Gasteiger partial charge is 0.390 e. The van der Waals surface area contributed by atoms with Gasteiger partial charge in [-0.2, -0.15) is 0 Å². The highest BCUT2D eigenvalue weighted by atomic mass is 16.7. The molecule has 178 valence electrons. The van der Waals surface area contributed by atoms with Crippen LogP contribution in [0.15, 0.2) is 30.3 Å². The lowest BCUT2D eigenvalue weighted by Gasteiger charge is -2.46. The van der Waals surface area contributed by atoms with Gasteiger partial charge in [0, 0.05) is 26.2 Å². The highest BCUT2D eigenvalue weighted by molar-refractivity contribution is 5.16. The zero-order chi connectivity index (χ0) is 22.5. The molecule has 1 aromatic carbocycles. The second kappa shape index (κ2) is 14.9. The average molecular weight is 438 g/mol. The predicted octanol–water partition coefficient (Wildman–Crippen LogP) is 3.83. The SMILES string of the molecule is CCCCOC1O[C@H](C(O)Cc2ccccc2)[C@@H](OCCCC)[C@H](OCCCC)[C@H]1N. The Labute approximate surface area is 188 Å². The highest BCUT2D eigenvalue weighted by Crippen LogP contribution is 2.29. The van der Waals surface area contributed by atoms with Crippen molar-refractivity contribution in [3.63, 3.8) is 0 Å². The van der Waals surface area contributed by atoms with Crippen molar-refractivity contribution in [1.29, 1.82) is 0 Å². The molecule has 0 amide bonds. The number of nitrogens with two attached hydrogens (primary N) is 1. The monoisotopic (exact) mass is 437 g/mol. The van der Waals surface area contributed by atoms with Crippen LogP contribution in [-0.2, 0) is 25.4 Å². The zero-order valence-corrected chi connectivity index (χ0v) is 19.6. The number of unbranched alkanes of at least 4 members (excludes halogenated alkanes) is 3. The molecule has 6 nitrogen and oxygen atoms in total. The van der Waals surface area contributed by atoms with E-state index in [9.17, 15) is 5.11 Å². The average Bonchev–Trinajstić information content (AvgIpc) is 2.77. The van der Waals surface area contributed by atoms with Crippen molar-refractivity contribution in [2.45, 2.75) is 102 Å². The fraction of sp³-hybridized carbons (Fsp3) is 0.760. The van der Waals surface area contributed by atoms with E-state index >= 15 is 0 Å². The number of ether oxygens (including phenoxy) is 4. The Bertz CT molecular complexity index is 572. The van der Waals surface area contributed by atoms with Crippen molar-refractivity contribution in [2.24, 2.45) is 5.73 Å². The first-order chi connectivity index (χ1) is 15.1. The van der Waals surface area contributed by atoms with Crippen LogP contribution < -0.4 is 5.73 Å². The highest BCUT2D eigenvalue weighted by Gasteiger charge is 2.48. The maximum Gasteiger partial charge on any atom is 0.175 e. The van der Waals surface area contributed by atoms with Crippen LogP contribution in [0.5, 0.6) is 0 Å². The summed E-state index contributed by atoms with van der Waals surface area (Å²) in [7, 11) is 0. The molecule has 1 aliphatic rings. The molecule has 2 rings (SSSR count). The molecule has 6 atom stereocenters. The molecule has 2 unspecified atom stereocenters. The number of hydrogen-bond acceptors (Lipinski definition) is 6. The van der Waals surface area contributed by atoms with E-state index in [4.69, 9.17) is 24.7 Å². The van der Waals surface area contributed by atoms with E-state index in [-0.39, 0.29) is 6.10 Å². The first-order valence-electron chi connectivity index (χ1n) is 12.1. The topological polar surface area (TPSA) is 83.2 Å². The molecule has 6 heteroatoms. The molecule has 1 saturated heterocycles. The van der Waals surface area contributed by atoms with Crippen molar-refractivity contribution in [3.8, 4) is 0 Å². The van der Waals surface area contributed by atoms with Crippen molar-refractivity contribution < 1.29 is 24.1 Å². The quantitative estimate of drug-likeness (QED) is 0.406. The van der Waals surface area contributed by atoms with E-state index in [0.717, 1.165) is 44.1 Å². The van der Waals surface area contributed by atoms with Gasteiger partial charge in [-0.05, 0) is 24.8 Å². The van der Waals surface area contributed by atoms with Crippen LogP contribution in [-0.4, -0.2) is 61.7 Å². The molecule has 0 bridgehead atoms. The van der Waals surface area contributed by atoms with Gasteiger partial charge in [0.2, 0.25) is 0 Å². The molecular formula is C25H43NO5. The maximum absolute atomic E-state index is 11.2. The van der Waals surface area contributed by atoms with Gasteiger partial charge in [-0.3, -0.25) is 0 Å². The van der Waals surface area contributed by atoms with E-state index in [0.29, 0.717) is 26.2 Å². The molecule has 31 heavy (non-hydrogen) atoms. The van der Waals surface area contributed by atoms with Gasteiger partial charge in [0.25, 0.3) is 0 Å². The summed E-state index contributed by atoms with van der Waals surface area (Å²) in [6, 6.07) is 9.47. The molecule has 1 fully saturated rings. The predicted molar refractivity (Wildman–Crippen MR) is 123 cm³/mol. The third-order valence-electron chi connectivity index (χ3n) is 5.70. The van der Waals surface area contributed by atoms with Crippen LogP contribution in [0.4, 0.5) is 0 Å². The molecule has 0 radical (unpaired) electrons.